The summed E-state index contributed by atoms with van der Waals surface area (Å²) < 4.78 is 26.9. The quantitative estimate of drug-likeness (QED) is 0.522. The largest absolute Gasteiger partial charge is 0.504 e. The molecule has 4 N–H and O–H groups in total. The molecule has 11 heteroatoms. The van der Waals surface area contributed by atoms with Crippen molar-refractivity contribution < 1.29 is 33.3 Å². The van der Waals surface area contributed by atoms with Gasteiger partial charge >= 0.3 is 0 Å². The minimum atomic E-state index is -3.77. The SMILES string of the molecule is CC(=O)Nc1ccc(S(=O)(=O)N2CCN(C(=O)c3cc(O)c(O)c(O)c3)CC2)cc1. The van der Waals surface area contributed by atoms with E-state index in [-0.39, 0.29) is 42.5 Å². The van der Waals surface area contributed by atoms with Gasteiger partial charge in [-0.05, 0) is 36.4 Å². The van der Waals surface area contributed by atoms with Gasteiger partial charge < -0.3 is 25.5 Å². The van der Waals surface area contributed by atoms with Crippen molar-refractivity contribution in [2.45, 2.75) is 11.8 Å². The van der Waals surface area contributed by atoms with Gasteiger partial charge in [-0.3, -0.25) is 9.59 Å². The fourth-order valence-corrected chi connectivity index (χ4v) is 4.53. The molecule has 2 aromatic rings. The smallest absolute Gasteiger partial charge is 0.254 e. The number of carbonyl (C=O) groups excluding carboxylic acids is 2. The number of nitrogens with zero attached hydrogens (tertiary/aromatic N) is 2. The summed E-state index contributed by atoms with van der Waals surface area (Å²) in [7, 11) is -3.77. The Kier molecular flexibility index (Phi) is 5.85. The van der Waals surface area contributed by atoms with E-state index in [4.69, 9.17) is 0 Å². The topological polar surface area (TPSA) is 147 Å². The molecule has 0 radical (unpaired) electrons. The highest BCUT2D eigenvalue weighted by Crippen LogP contribution is 2.35. The van der Waals surface area contributed by atoms with Gasteiger partial charge in [-0.15, -0.1) is 0 Å². The molecule has 0 atom stereocenters. The van der Waals surface area contributed by atoms with Gasteiger partial charge in [0.25, 0.3) is 5.91 Å². The molecule has 0 aliphatic carbocycles. The van der Waals surface area contributed by atoms with Crippen molar-refractivity contribution in [2.75, 3.05) is 31.5 Å². The second-order valence-corrected chi connectivity index (χ2v) is 8.70. The van der Waals surface area contributed by atoms with Gasteiger partial charge in [0.05, 0.1) is 4.90 Å². The highest BCUT2D eigenvalue weighted by atomic mass is 32.2. The molecule has 1 aliphatic rings. The van der Waals surface area contributed by atoms with Crippen LogP contribution in [0.25, 0.3) is 0 Å². The Balaban J connectivity index is 1.68. The number of sulfonamides is 1. The first-order valence-electron chi connectivity index (χ1n) is 9.01. The predicted molar refractivity (Wildman–Crippen MR) is 107 cm³/mol. The summed E-state index contributed by atoms with van der Waals surface area (Å²) in [6, 6.07) is 7.88. The molecule has 0 aromatic heterocycles. The van der Waals surface area contributed by atoms with Gasteiger partial charge in [0.15, 0.2) is 17.2 Å². The minimum Gasteiger partial charge on any atom is -0.504 e. The van der Waals surface area contributed by atoms with Crippen LogP contribution in [0.2, 0.25) is 0 Å². The maximum atomic E-state index is 12.8. The first-order chi connectivity index (χ1) is 14.1. The van der Waals surface area contributed by atoms with Crippen LogP contribution >= 0.6 is 0 Å². The number of nitrogens with one attached hydrogen (secondary N) is 1. The number of phenols is 3. The number of hydrogen-bond donors (Lipinski definition) is 4. The van der Waals surface area contributed by atoms with Gasteiger partial charge in [-0.1, -0.05) is 0 Å². The number of piperazine rings is 1. The Morgan fingerprint density at radius 1 is 0.933 bits per heavy atom. The summed E-state index contributed by atoms with van der Waals surface area (Å²) in [5.41, 5.74) is 0.463. The van der Waals surface area contributed by atoms with Crippen LogP contribution in [0.15, 0.2) is 41.3 Å². The Hall–Kier alpha value is -3.31. The summed E-state index contributed by atoms with van der Waals surface area (Å²) in [4.78, 5) is 25.1. The Bertz CT molecular complexity index is 1050. The Morgan fingerprint density at radius 3 is 1.97 bits per heavy atom. The molecule has 0 unspecified atom stereocenters. The van der Waals surface area contributed by atoms with E-state index in [2.05, 4.69) is 5.32 Å². The van der Waals surface area contributed by atoms with Crippen molar-refractivity contribution in [3.8, 4) is 17.2 Å². The van der Waals surface area contributed by atoms with Crippen LogP contribution in [0.1, 0.15) is 17.3 Å². The van der Waals surface area contributed by atoms with Crippen molar-refractivity contribution in [3.05, 3.63) is 42.0 Å². The third-order valence-corrected chi connectivity index (χ3v) is 6.57. The van der Waals surface area contributed by atoms with E-state index >= 15 is 0 Å². The lowest BCUT2D eigenvalue weighted by Crippen LogP contribution is -2.50. The molecule has 1 fully saturated rings. The molecule has 3 rings (SSSR count). The second kappa shape index (κ2) is 8.20. The fourth-order valence-electron chi connectivity index (χ4n) is 3.10. The van der Waals surface area contributed by atoms with Gasteiger partial charge in [0, 0.05) is 44.4 Å². The van der Waals surface area contributed by atoms with Crippen LogP contribution in [0.5, 0.6) is 17.2 Å². The molecule has 2 amide bonds. The van der Waals surface area contributed by atoms with E-state index < -0.39 is 33.2 Å². The van der Waals surface area contributed by atoms with Crippen molar-refractivity contribution in [2.24, 2.45) is 0 Å². The number of rotatable bonds is 4. The van der Waals surface area contributed by atoms with Crippen molar-refractivity contribution in [3.63, 3.8) is 0 Å². The molecular formula is C19H21N3O7S. The normalized spacial score (nSPS) is 15.0. The summed E-state index contributed by atoms with van der Waals surface area (Å²) >= 11 is 0. The Morgan fingerprint density at radius 2 is 1.47 bits per heavy atom. The molecule has 160 valence electrons. The van der Waals surface area contributed by atoms with Crippen molar-refractivity contribution in [1.82, 2.24) is 9.21 Å². The molecule has 30 heavy (non-hydrogen) atoms. The second-order valence-electron chi connectivity index (χ2n) is 6.76. The average molecular weight is 435 g/mol. The molecule has 1 aliphatic heterocycles. The van der Waals surface area contributed by atoms with Crippen molar-refractivity contribution >= 4 is 27.5 Å². The third-order valence-electron chi connectivity index (χ3n) is 4.65. The zero-order valence-corrected chi connectivity index (χ0v) is 16.9. The number of amides is 2. The van der Waals surface area contributed by atoms with E-state index in [0.717, 1.165) is 12.1 Å². The standard InChI is InChI=1S/C19H21N3O7S/c1-12(23)20-14-2-4-15(5-3-14)30(28,29)22-8-6-21(7-9-22)19(27)13-10-16(24)18(26)17(25)11-13/h2-5,10-11,24-26H,6-9H2,1H3,(H,20,23). The van der Waals surface area contributed by atoms with E-state index in [1.165, 1.54) is 40.4 Å². The Labute approximate surface area is 173 Å². The van der Waals surface area contributed by atoms with Crippen molar-refractivity contribution in [1.29, 1.82) is 0 Å². The van der Waals surface area contributed by atoms with Crippen LogP contribution in [0.4, 0.5) is 5.69 Å². The highest BCUT2D eigenvalue weighted by molar-refractivity contribution is 7.89. The highest BCUT2D eigenvalue weighted by Gasteiger charge is 2.31. The number of carbonyl (C=O) groups is 2. The van der Waals surface area contributed by atoms with Crippen LogP contribution in [-0.4, -0.2) is 70.9 Å². The lowest BCUT2D eigenvalue weighted by molar-refractivity contribution is -0.114. The monoisotopic (exact) mass is 435 g/mol. The third kappa shape index (κ3) is 4.31. The number of aromatic hydroxyl groups is 3. The number of phenolic OH excluding ortho intramolecular Hbond substituents is 3. The zero-order valence-electron chi connectivity index (χ0n) is 16.1. The summed E-state index contributed by atoms with van der Waals surface area (Å²) in [5, 5.41) is 31.1. The minimum absolute atomic E-state index is 0.0207. The maximum absolute atomic E-state index is 12.8. The predicted octanol–water partition coefficient (Wildman–Crippen LogP) is 0.908. The van der Waals surface area contributed by atoms with Crippen LogP contribution in [0, 0.1) is 0 Å². The average Bonchev–Trinajstić information content (AvgIpc) is 2.71. The number of anilines is 1. The van der Waals surface area contributed by atoms with Gasteiger partial charge in [-0.2, -0.15) is 4.31 Å². The van der Waals surface area contributed by atoms with Gasteiger partial charge in [0.2, 0.25) is 15.9 Å². The first-order valence-corrected chi connectivity index (χ1v) is 10.5. The summed E-state index contributed by atoms with van der Waals surface area (Å²) in [6.45, 7) is 1.72. The molecule has 1 saturated heterocycles. The van der Waals surface area contributed by atoms with E-state index in [1.54, 1.807) is 0 Å². The molecule has 10 nitrogen and oxygen atoms in total. The lowest BCUT2D eigenvalue weighted by Gasteiger charge is -2.34. The maximum Gasteiger partial charge on any atom is 0.254 e. The fraction of sp³-hybridized carbons (Fsp3) is 0.263. The number of benzene rings is 2. The van der Waals surface area contributed by atoms with Crippen LogP contribution < -0.4 is 5.32 Å². The van der Waals surface area contributed by atoms with Gasteiger partial charge in [0.1, 0.15) is 0 Å². The molecule has 0 saturated carbocycles. The number of hydrogen-bond acceptors (Lipinski definition) is 7. The molecule has 2 aromatic carbocycles. The molecular weight excluding hydrogens is 414 g/mol. The van der Waals surface area contributed by atoms with Crippen LogP contribution in [0.3, 0.4) is 0 Å². The lowest BCUT2D eigenvalue weighted by atomic mass is 10.1. The molecule has 1 heterocycles. The van der Waals surface area contributed by atoms with E-state index in [0.29, 0.717) is 5.69 Å². The molecule has 0 bridgehead atoms. The summed E-state index contributed by atoms with van der Waals surface area (Å²) in [6.07, 6.45) is 0. The molecule has 0 spiro atoms. The van der Waals surface area contributed by atoms with E-state index in [9.17, 15) is 33.3 Å². The van der Waals surface area contributed by atoms with Gasteiger partial charge in [-0.25, -0.2) is 8.42 Å². The zero-order chi connectivity index (χ0) is 22.1. The van der Waals surface area contributed by atoms with E-state index in [1.807, 2.05) is 0 Å². The first kappa shape index (κ1) is 21.4. The van der Waals surface area contributed by atoms with Crippen LogP contribution in [-0.2, 0) is 14.8 Å². The summed E-state index contributed by atoms with van der Waals surface area (Å²) in [5.74, 6) is -2.73.